The third-order valence-electron chi connectivity index (χ3n) is 3.25. The first kappa shape index (κ1) is 16.5. The Balaban J connectivity index is 0.000000956. The molecule has 2 rings (SSSR count). The molecule has 0 aromatic heterocycles. The molecule has 0 bridgehead atoms. The van der Waals surface area contributed by atoms with E-state index in [2.05, 4.69) is 11.9 Å². The molecule has 0 spiro atoms. The molecule has 1 aliphatic carbocycles. The maximum atomic E-state index is 14.0. The van der Waals surface area contributed by atoms with E-state index in [0.29, 0.717) is 5.69 Å². The molecule has 0 aliphatic heterocycles. The Kier molecular flexibility index (Phi) is 6.50. The summed E-state index contributed by atoms with van der Waals surface area (Å²) in [6.07, 6.45) is 6.40. The predicted molar refractivity (Wildman–Crippen MR) is 88.4 cm³/mol. The number of rotatable bonds is 5. The molecule has 110 valence electrons. The zero-order valence-corrected chi connectivity index (χ0v) is 13.1. The Morgan fingerprint density at radius 1 is 1.40 bits per heavy atom. The van der Waals surface area contributed by atoms with Gasteiger partial charge in [0.2, 0.25) is 0 Å². The number of nitrogens with one attached hydrogen (secondary N) is 1. The molecule has 1 aromatic carbocycles. The first-order valence-electron chi connectivity index (χ1n) is 7.48. The molecule has 20 heavy (non-hydrogen) atoms. The highest BCUT2D eigenvalue weighted by Crippen LogP contribution is 2.32. The minimum atomic E-state index is -0.186. The van der Waals surface area contributed by atoms with E-state index in [4.69, 9.17) is 0 Å². The molecule has 0 unspecified atom stereocenters. The highest BCUT2D eigenvalue weighted by Gasteiger charge is 2.22. The number of anilines is 1. The summed E-state index contributed by atoms with van der Waals surface area (Å²) in [6.45, 7) is 12.7. The lowest BCUT2D eigenvalue weighted by Crippen LogP contribution is -2.07. The quantitative estimate of drug-likeness (QED) is 0.722. The van der Waals surface area contributed by atoms with Gasteiger partial charge in [-0.1, -0.05) is 44.2 Å². The van der Waals surface area contributed by atoms with Gasteiger partial charge in [0.15, 0.2) is 0 Å². The van der Waals surface area contributed by atoms with Crippen molar-refractivity contribution in [2.75, 3.05) is 11.9 Å². The molecule has 1 aromatic rings. The summed E-state index contributed by atoms with van der Waals surface area (Å²) < 4.78 is 14.0. The summed E-state index contributed by atoms with van der Waals surface area (Å²) in [7, 11) is 0. The summed E-state index contributed by atoms with van der Waals surface area (Å²) in [5.74, 6) is 0.532. The van der Waals surface area contributed by atoms with Crippen LogP contribution in [-0.2, 0) is 0 Å². The van der Waals surface area contributed by atoms with Gasteiger partial charge in [-0.25, -0.2) is 4.39 Å². The van der Waals surface area contributed by atoms with Crippen LogP contribution in [0.4, 0.5) is 10.1 Å². The highest BCUT2D eigenvalue weighted by molar-refractivity contribution is 5.80. The van der Waals surface area contributed by atoms with Crippen LogP contribution in [-0.4, -0.2) is 6.54 Å². The van der Waals surface area contributed by atoms with E-state index in [1.54, 1.807) is 6.07 Å². The second kappa shape index (κ2) is 7.88. The molecule has 2 heteroatoms. The summed E-state index contributed by atoms with van der Waals surface area (Å²) in [5, 5.41) is 3.26. The second-order valence-corrected chi connectivity index (χ2v) is 4.99. The van der Waals surface area contributed by atoms with Gasteiger partial charge >= 0.3 is 0 Å². The van der Waals surface area contributed by atoms with Crippen molar-refractivity contribution < 1.29 is 4.39 Å². The van der Waals surface area contributed by atoms with Crippen LogP contribution in [0.5, 0.6) is 0 Å². The predicted octanol–water partition coefficient (Wildman–Crippen LogP) is 5.74. The van der Waals surface area contributed by atoms with Crippen LogP contribution >= 0.6 is 0 Å². The third kappa shape index (κ3) is 4.22. The number of allylic oxidation sites excluding steroid dienone is 2. The minimum Gasteiger partial charge on any atom is -0.382 e. The van der Waals surface area contributed by atoms with Gasteiger partial charge < -0.3 is 5.32 Å². The molecule has 0 heterocycles. The van der Waals surface area contributed by atoms with Crippen molar-refractivity contribution in [3.63, 3.8) is 0 Å². The lowest BCUT2D eigenvalue weighted by molar-refractivity contribution is 0.629. The van der Waals surface area contributed by atoms with Crippen LogP contribution in [0.1, 0.15) is 51.7 Å². The number of hydrogen-bond acceptors (Lipinski definition) is 1. The molecule has 0 atom stereocenters. The first-order chi connectivity index (χ1) is 9.63. The Hall–Kier alpha value is -1.57. The Labute approximate surface area is 122 Å². The molecule has 1 N–H and O–H groups in total. The van der Waals surface area contributed by atoms with Gasteiger partial charge in [0, 0.05) is 12.1 Å². The zero-order valence-electron chi connectivity index (χ0n) is 13.1. The third-order valence-corrected chi connectivity index (χ3v) is 3.25. The van der Waals surface area contributed by atoms with Crippen molar-refractivity contribution in [1.29, 1.82) is 0 Å². The van der Waals surface area contributed by atoms with Crippen molar-refractivity contribution in [2.24, 2.45) is 5.92 Å². The molecule has 1 fully saturated rings. The molecule has 1 saturated carbocycles. The zero-order chi connectivity index (χ0) is 15.1. The monoisotopic (exact) mass is 275 g/mol. The van der Waals surface area contributed by atoms with Crippen molar-refractivity contribution in [1.82, 2.24) is 0 Å². The fourth-order valence-corrected chi connectivity index (χ4v) is 2.05. The molecule has 0 saturated heterocycles. The van der Waals surface area contributed by atoms with Gasteiger partial charge in [0.25, 0.3) is 0 Å². The summed E-state index contributed by atoms with van der Waals surface area (Å²) in [5.41, 5.74) is 3.48. The van der Waals surface area contributed by atoms with Crippen LogP contribution < -0.4 is 5.32 Å². The van der Waals surface area contributed by atoms with Crippen LogP contribution in [0.2, 0.25) is 0 Å². The minimum absolute atomic E-state index is 0.186. The lowest BCUT2D eigenvalue weighted by Gasteiger charge is -2.15. The fraction of sp³-hybridized carbons (Fsp3) is 0.444. The molecule has 0 amide bonds. The molecular formula is C18H26FN. The number of halogens is 1. The topological polar surface area (TPSA) is 12.0 Å². The lowest BCUT2D eigenvalue weighted by atomic mass is 9.99. The molecule has 0 radical (unpaired) electrons. The van der Waals surface area contributed by atoms with Crippen LogP contribution in [0.3, 0.4) is 0 Å². The summed E-state index contributed by atoms with van der Waals surface area (Å²) in [6, 6.07) is 3.32. The smallest absolute Gasteiger partial charge is 0.146 e. The Morgan fingerprint density at radius 2 is 2.05 bits per heavy atom. The van der Waals surface area contributed by atoms with Crippen molar-refractivity contribution >= 4 is 17.3 Å². The Bertz CT molecular complexity index is 484. The van der Waals surface area contributed by atoms with Crippen molar-refractivity contribution in [2.45, 2.75) is 40.5 Å². The van der Waals surface area contributed by atoms with Gasteiger partial charge in [0.1, 0.15) is 5.82 Å². The molecule has 1 aliphatic rings. The van der Waals surface area contributed by atoms with Gasteiger partial charge in [0.05, 0.1) is 5.69 Å². The van der Waals surface area contributed by atoms with Crippen LogP contribution in [0.15, 0.2) is 24.8 Å². The Morgan fingerprint density at radius 3 is 2.55 bits per heavy atom. The van der Waals surface area contributed by atoms with E-state index in [0.717, 1.165) is 29.2 Å². The fourth-order valence-electron chi connectivity index (χ4n) is 2.05. The number of hydrogen-bond donors (Lipinski definition) is 1. The van der Waals surface area contributed by atoms with E-state index in [9.17, 15) is 4.39 Å². The SMILES string of the molecule is C=C(C)c1ccc(F)c(NCC2CC2)c1/C=C\C.CC. The average molecular weight is 275 g/mol. The van der Waals surface area contributed by atoms with E-state index >= 15 is 0 Å². The van der Waals surface area contributed by atoms with Crippen LogP contribution in [0.25, 0.3) is 11.6 Å². The van der Waals surface area contributed by atoms with E-state index in [1.807, 2.05) is 39.8 Å². The first-order valence-corrected chi connectivity index (χ1v) is 7.48. The highest BCUT2D eigenvalue weighted by atomic mass is 19.1. The maximum Gasteiger partial charge on any atom is 0.146 e. The van der Waals surface area contributed by atoms with Gasteiger partial charge in [-0.2, -0.15) is 0 Å². The standard InChI is InChI=1S/C16H20FN.C2H6/c1-4-5-14-13(11(2)3)8-9-15(17)16(14)18-10-12-6-7-12;1-2/h4-5,8-9,12,18H,2,6-7,10H2,1,3H3;1-2H3/b5-4-;. The second-order valence-electron chi connectivity index (χ2n) is 4.99. The summed E-state index contributed by atoms with van der Waals surface area (Å²) in [4.78, 5) is 0. The van der Waals surface area contributed by atoms with Gasteiger partial charge in [-0.15, -0.1) is 0 Å². The van der Waals surface area contributed by atoms with E-state index in [-0.39, 0.29) is 5.82 Å². The van der Waals surface area contributed by atoms with E-state index < -0.39 is 0 Å². The van der Waals surface area contributed by atoms with Gasteiger partial charge in [-0.05, 0) is 44.2 Å². The molecular weight excluding hydrogens is 249 g/mol. The number of benzene rings is 1. The van der Waals surface area contributed by atoms with E-state index in [1.165, 1.54) is 18.9 Å². The normalized spacial score (nSPS) is 13.8. The largest absolute Gasteiger partial charge is 0.382 e. The summed E-state index contributed by atoms with van der Waals surface area (Å²) >= 11 is 0. The maximum absolute atomic E-state index is 14.0. The average Bonchev–Trinajstić information content (AvgIpc) is 3.24. The van der Waals surface area contributed by atoms with Crippen molar-refractivity contribution in [3.05, 3.63) is 41.7 Å². The van der Waals surface area contributed by atoms with Gasteiger partial charge in [-0.3, -0.25) is 0 Å². The molecule has 1 nitrogen and oxygen atoms in total. The van der Waals surface area contributed by atoms with Crippen LogP contribution in [0, 0.1) is 11.7 Å². The van der Waals surface area contributed by atoms with Crippen molar-refractivity contribution in [3.8, 4) is 0 Å².